The molecule has 2 rings (SSSR count). The van der Waals surface area contributed by atoms with Crippen molar-refractivity contribution < 1.29 is 9.47 Å². The van der Waals surface area contributed by atoms with Gasteiger partial charge in [0, 0.05) is 18.3 Å². The number of aromatic nitrogens is 1. The van der Waals surface area contributed by atoms with E-state index >= 15 is 0 Å². The lowest BCUT2D eigenvalue weighted by Gasteiger charge is -2.20. The molecule has 1 heterocycles. The van der Waals surface area contributed by atoms with Crippen LogP contribution in [0, 0.1) is 0 Å². The van der Waals surface area contributed by atoms with E-state index in [0.717, 1.165) is 11.1 Å². The Labute approximate surface area is 124 Å². The minimum absolute atomic E-state index is 0.141. The Kier molecular flexibility index (Phi) is 4.85. The molecule has 0 fully saturated rings. The van der Waals surface area contributed by atoms with Gasteiger partial charge < -0.3 is 9.47 Å². The van der Waals surface area contributed by atoms with E-state index < -0.39 is 0 Å². The maximum atomic E-state index is 6.60. The maximum Gasteiger partial charge on any atom is 0.161 e. The fourth-order valence-corrected chi connectivity index (χ4v) is 2.43. The number of benzene rings is 1. The summed E-state index contributed by atoms with van der Waals surface area (Å²) < 4.78 is 10.6. The Bertz CT molecular complexity index is 560. The molecule has 0 amide bonds. The van der Waals surface area contributed by atoms with Crippen LogP contribution in [0.4, 0.5) is 0 Å². The molecule has 0 spiro atoms. The smallest absolute Gasteiger partial charge is 0.161 e. The Balaban J connectivity index is 2.27. The summed E-state index contributed by atoms with van der Waals surface area (Å²) in [6, 6.07) is 9.75. The number of pyridine rings is 1. The molecule has 0 aliphatic rings. The van der Waals surface area contributed by atoms with Crippen molar-refractivity contribution in [3.63, 3.8) is 0 Å². The Morgan fingerprint density at radius 2 is 1.60 bits per heavy atom. The SMILES string of the molecule is COc1ccc(C(Cl)C(C)c2ccncc2)cc1OC. The van der Waals surface area contributed by atoms with Crippen LogP contribution < -0.4 is 9.47 Å². The average molecular weight is 292 g/mol. The summed E-state index contributed by atoms with van der Waals surface area (Å²) in [4.78, 5) is 4.03. The number of nitrogens with zero attached hydrogens (tertiary/aromatic N) is 1. The Hall–Kier alpha value is -1.74. The van der Waals surface area contributed by atoms with Gasteiger partial charge in [0.05, 0.1) is 19.6 Å². The second-order valence-electron chi connectivity index (χ2n) is 4.59. The first kappa shape index (κ1) is 14.7. The second-order valence-corrected chi connectivity index (χ2v) is 5.06. The summed E-state index contributed by atoms with van der Waals surface area (Å²) in [5.74, 6) is 1.58. The molecule has 0 N–H and O–H groups in total. The second kappa shape index (κ2) is 6.62. The molecular weight excluding hydrogens is 274 g/mol. The Morgan fingerprint density at radius 3 is 2.20 bits per heavy atom. The monoisotopic (exact) mass is 291 g/mol. The highest BCUT2D eigenvalue weighted by Crippen LogP contribution is 2.39. The molecule has 1 aromatic heterocycles. The fourth-order valence-electron chi connectivity index (χ4n) is 2.15. The van der Waals surface area contributed by atoms with Crippen molar-refractivity contribution in [2.75, 3.05) is 14.2 Å². The number of ether oxygens (including phenoxy) is 2. The molecule has 106 valence electrons. The third-order valence-corrected chi connectivity index (χ3v) is 4.03. The zero-order valence-electron chi connectivity index (χ0n) is 11.8. The predicted molar refractivity (Wildman–Crippen MR) is 80.8 cm³/mol. The van der Waals surface area contributed by atoms with Gasteiger partial charge in [0.25, 0.3) is 0 Å². The van der Waals surface area contributed by atoms with Crippen molar-refractivity contribution in [2.45, 2.75) is 18.2 Å². The first-order chi connectivity index (χ1) is 9.67. The van der Waals surface area contributed by atoms with Gasteiger partial charge in [-0.1, -0.05) is 13.0 Å². The lowest BCUT2D eigenvalue weighted by atomic mass is 9.94. The minimum atomic E-state index is -0.141. The van der Waals surface area contributed by atoms with Crippen LogP contribution in [-0.4, -0.2) is 19.2 Å². The van der Waals surface area contributed by atoms with Crippen molar-refractivity contribution in [2.24, 2.45) is 0 Å². The highest BCUT2D eigenvalue weighted by molar-refractivity contribution is 6.21. The van der Waals surface area contributed by atoms with E-state index in [1.54, 1.807) is 26.6 Å². The van der Waals surface area contributed by atoms with Gasteiger partial charge >= 0.3 is 0 Å². The van der Waals surface area contributed by atoms with Crippen molar-refractivity contribution in [1.29, 1.82) is 0 Å². The molecule has 3 nitrogen and oxygen atoms in total. The van der Waals surface area contributed by atoms with E-state index in [-0.39, 0.29) is 11.3 Å². The molecule has 1 aromatic carbocycles. The minimum Gasteiger partial charge on any atom is -0.493 e. The largest absolute Gasteiger partial charge is 0.493 e. The van der Waals surface area contributed by atoms with Crippen LogP contribution in [-0.2, 0) is 0 Å². The first-order valence-corrected chi connectivity index (χ1v) is 6.87. The molecule has 0 saturated carbocycles. The molecule has 2 atom stereocenters. The van der Waals surface area contributed by atoms with Crippen molar-refractivity contribution in [3.05, 3.63) is 53.9 Å². The van der Waals surface area contributed by atoms with E-state index in [1.165, 1.54) is 0 Å². The summed E-state index contributed by atoms with van der Waals surface area (Å²) in [6.45, 7) is 2.10. The van der Waals surface area contributed by atoms with Gasteiger partial charge in [0.2, 0.25) is 0 Å². The lowest BCUT2D eigenvalue weighted by molar-refractivity contribution is 0.354. The summed E-state index contributed by atoms with van der Waals surface area (Å²) >= 11 is 6.60. The first-order valence-electron chi connectivity index (χ1n) is 6.43. The molecule has 2 unspecified atom stereocenters. The van der Waals surface area contributed by atoms with Gasteiger partial charge in [-0.3, -0.25) is 4.98 Å². The van der Waals surface area contributed by atoms with Gasteiger partial charge in [-0.05, 0) is 35.4 Å². The molecule has 0 bridgehead atoms. The third-order valence-electron chi connectivity index (χ3n) is 3.40. The van der Waals surface area contributed by atoms with Gasteiger partial charge in [-0.25, -0.2) is 0 Å². The van der Waals surface area contributed by atoms with Crippen LogP contribution in [0.1, 0.15) is 29.3 Å². The molecule has 0 radical (unpaired) electrons. The van der Waals surface area contributed by atoms with Crippen molar-refractivity contribution in [1.82, 2.24) is 4.98 Å². The van der Waals surface area contributed by atoms with Crippen LogP contribution in [0.3, 0.4) is 0 Å². The summed E-state index contributed by atoms with van der Waals surface area (Å²) in [5.41, 5.74) is 2.17. The normalized spacial score (nSPS) is 13.6. The number of halogens is 1. The highest BCUT2D eigenvalue weighted by Gasteiger charge is 2.19. The fraction of sp³-hybridized carbons (Fsp3) is 0.312. The van der Waals surface area contributed by atoms with Gasteiger partial charge in [-0.2, -0.15) is 0 Å². The molecule has 4 heteroatoms. The number of rotatable bonds is 5. The van der Waals surface area contributed by atoms with Gasteiger partial charge in [-0.15, -0.1) is 11.6 Å². The van der Waals surface area contributed by atoms with Gasteiger partial charge in [0.1, 0.15) is 0 Å². The summed E-state index contributed by atoms with van der Waals surface area (Å²) in [7, 11) is 3.24. The number of alkyl halides is 1. The van der Waals surface area contributed by atoms with Crippen LogP contribution in [0.25, 0.3) is 0 Å². The number of hydrogen-bond donors (Lipinski definition) is 0. The van der Waals surface area contributed by atoms with E-state index in [4.69, 9.17) is 21.1 Å². The van der Waals surface area contributed by atoms with E-state index in [0.29, 0.717) is 11.5 Å². The average Bonchev–Trinajstić information content (AvgIpc) is 2.53. The standard InChI is InChI=1S/C16H18ClNO2/c1-11(12-6-8-18-9-7-12)16(17)13-4-5-14(19-2)15(10-13)20-3/h4-11,16H,1-3H3. The zero-order valence-corrected chi connectivity index (χ0v) is 12.6. The van der Waals surface area contributed by atoms with Crippen molar-refractivity contribution in [3.8, 4) is 11.5 Å². The van der Waals surface area contributed by atoms with Crippen LogP contribution in [0.5, 0.6) is 11.5 Å². The Morgan fingerprint density at radius 1 is 0.950 bits per heavy atom. The number of methoxy groups -OCH3 is 2. The van der Waals surface area contributed by atoms with Crippen LogP contribution in [0.15, 0.2) is 42.7 Å². The van der Waals surface area contributed by atoms with E-state index in [1.807, 2.05) is 30.3 Å². The predicted octanol–water partition coefficient (Wildman–Crippen LogP) is 4.18. The molecule has 2 aromatic rings. The highest BCUT2D eigenvalue weighted by atomic mass is 35.5. The zero-order chi connectivity index (χ0) is 14.5. The maximum absolute atomic E-state index is 6.60. The third kappa shape index (κ3) is 3.05. The van der Waals surface area contributed by atoms with Crippen LogP contribution >= 0.6 is 11.6 Å². The summed E-state index contributed by atoms with van der Waals surface area (Å²) in [6.07, 6.45) is 3.56. The molecule has 0 saturated heterocycles. The molecular formula is C16H18ClNO2. The number of hydrogen-bond acceptors (Lipinski definition) is 3. The molecule has 0 aliphatic carbocycles. The van der Waals surface area contributed by atoms with Crippen LogP contribution in [0.2, 0.25) is 0 Å². The quantitative estimate of drug-likeness (QED) is 0.774. The van der Waals surface area contributed by atoms with E-state index in [2.05, 4.69) is 11.9 Å². The molecule has 20 heavy (non-hydrogen) atoms. The molecule has 0 aliphatic heterocycles. The van der Waals surface area contributed by atoms with E-state index in [9.17, 15) is 0 Å². The summed E-state index contributed by atoms with van der Waals surface area (Å²) in [5, 5.41) is -0.141. The van der Waals surface area contributed by atoms with Gasteiger partial charge in [0.15, 0.2) is 11.5 Å². The van der Waals surface area contributed by atoms with Crippen molar-refractivity contribution >= 4 is 11.6 Å². The lowest BCUT2D eigenvalue weighted by Crippen LogP contribution is -2.03. The topological polar surface area (TPSA) is 31.4 Å².